The van der Waals surface area contributed by atoms with E-state index < -0.39 is 0 Å². The van der Waals surface area contributed by atoms with Crippen molar-refractivity contribution in [1.29, 1.82) is 0 Å². The standard InChI is InChI=1S/C10H20N2/c1-10(11)6-7-12(8-10)9-4-2-3-5-9/h9H,2-8,11H2,1H3. The van der Waals surface area contributed by atoms with Gasteiger partial charge in [-0.3, -0.25) is 4.90 Å². The third kappa shape index (κ3) is 1.64. The number of nitrogens with two attached hydrogens (primary N) is 1. The molecule has 0 aromatic heterocycles. The zero-order valence-electron chi connectivity index (χ0n) is 8.05. The third-order valence-electron chi connectivity index (χ3n) is 3.38. The van der Waals surface area contributed by atoms with E-state index in [9.17, 15) is 0 Å². The molecule has 0 spiro atoms. The molecular weight excluding hydrogens is 148 g/mol. The number of hydrogen-bond donors (Lipinski definition) is 1. The molecule has 1 unspecified atom stereocenters. The van der Waals surface area contributed by atoms with E-state index in [-0.39, 0.29) is 5.54 Å². The molecule has 2 N–H and O–H groups in total. The molecule has 2 nitrogen and oxygen atoms in total. The Morgan fingerprint density at radius 3 is 2.50 bits per heavy atom. The van der Waals surface area contributed by atoms with Gasteiger partial charge in [-0.15, -0.1) is 0 Å². The summed E-state index contributed by atoms with van der Waals surface area (Å²) in [6.45, 7) is 4.54. The summed E-state index contributed by atoms with van der Waals surface area (Å²) in [5, 5.41) is 0. The Morgan fingerprint density at radius 1 is 1.33 bits per heavy atom. The summed E-state index contributed by atoms with van der Waals surface area (Å²) in [5.41, 5.74) is 6.19. The quantitative estimate of drug-likeness (QED) is 0.640. The normalized spacial score (nSPS) is 39.5. The van der Waals surface area contributed by atoms with E-state index in [0.717, 1.165) is 12.6 Å². The Hall–Kier alpha value is -0.0800. The zero-order chi connectivity index (χ0) is 8.60. The van der Waals surface area contributed by atoms with E-state index in [1.807, 2.05) is 0 Å². The number of hydrogen-bond acceptors (Lipinski definition) is 2. The lowest BCUT2D eigenvalue weighted by molar-refractivity contribution is 0.233. The highest BCUT2D eigenvalue weighted by atomic mass is 15.2. The molecule has 0 aromatic rings. The van der Waals surface area contributed by atoms with Crippen LogP contribution in [0, 0.1) is 0 Å². The van der Waals surface area contributed by atoms with Crippen molar-refractivity contribution in [3.63, 3.8) is 0 Å². The van der Waals surface area contributed by atoms with Gasteiger partial charge in [-0.2, -0.15) is 0 Å². The smallest absolute Gasteiger partial charge is 0.0267 e. The van der Waals surface area contributed by atoms with Crippen LogP contribution in [0.4, 0.5) is 0 Å². The predicted octanol–water partition coefficient (Wildman–Crippen LogP) is 1.35. The summed E-state index contributed by atoms with van der Waals surface area (Å²) in [4.78, 5) is 2.60. The Morgan fingerprint density at radius 2 is 2.00 bits per heavy atom. The van der Waals surface area contributed by atoms with Gasteiger partial charge in [0.1, 0.15) is 0 Å². The number of likely N-dealkylation sites (tertiary alicyclic amines) is 1. The molecule has 70 valence electrons. The van der Waals surface area contributed by atoms with Crippen molar-refractivity contribution in [2.24, 2.45) is 5.73 Å². The van der Waals surface area contributed by atoms with Gasteiger partial charge in [-0.05, 0) is 26.2 Å². The van der Waals surface area contributed by atoms with Crippen molar-refractivity contribution >= 4 is 0 Å². The molecule has 2 rings (SSSR count). The van der Waals surface area contributed by atoms with Crippen LogP contribution in [0.2, 0.25) is 0 Å². The fourth-order valence-electron chi connectivity index (χ4n) is 2.60. The first-order valence-corrected chi connectivity index (χ1v) is 5.20. The summed E-state index contributed by atoms with van der Waals surface area (Å²) in [6, 6.07) is 0.871. The van der Waals surface area contributed by atoms with Crippen LogP contribution in [0.1, 0.15) is 39.0 Å². The molecular formula is C10H20N2. The number of rotatable bonds is 1. The van der Waals surface area contributed by atoms with E-state index in [4.69, 9.17) is 5.73 Å². The van der Waals surface area contributed by atoms with Gasteiger partial charge in [0.25, 0.3) is 0 Å². The van der Waals surface area contributed by atoms with Crippen LogP contribution in [0.5, 0.6) is 0 Å². The summed E-state index contributed by atoms with van der Waals surface area (Å²) in [5.74, 6) is 0. The van der Waals surface area contributed by atoms with Gasteiger partial charge in [0.15, 0.2) is 0 Å². The van der Waals surface area contributed by atoms with E-state index in [0.29, 0.717) is 0 Å². The third-order valence-corrected chi connectivity index (χ3v) is 3.38. The molecule has 1 atom stereocenters. The first kappa shape index (κ1) is 8.52. The van der Waals surface area contributed by atoms with Crippen LogP contribution in [0.3, 0.4) is 0 Å². The Kier molecular flexibility index (Phi) is 2.13. The topological polar surface area (TPSA) is 29.3 Å². The van der Waals surface area contributed by atoms with Crippen LogP contribution in [0.15, 0.2) is 0 Å². The molecule has 0 bridgehead atoms. The minimum Gasteiger partial charge on any atom is -0.324 e. The molecule has 0 amide bonds. The maximum atomic E-state index is 6.09. The van der Waals surface area contributed by atoms with Gasteiger partial charge in [-0.1, -0.05) is 12.8 Å². The highest BCUT2D eigenvalue weighted by Gasteiger charge is 2.34. The average Bonchev–Trinajstić information content (AvgIpc) is 2.55. The Bertz CT molecular complexity index is 159. The average molecular weight is 168 g/mol. The Labute approximate surface area is 75.1 Å². The summed E-state index contributed by atoms with van der Waals surface area (Å²) in [6.07, 6.45) is 6.88. The molecule has 0 aromatic carbocycles. The maximum absolute atomic E-state index is 6.09. The van der Waals surface area contributed by atoms with Crippen LogP contribution < -0.4 is 5.73 Å². The second-order valence-corrected chi connectivity index (χ2v) is 4.81. The molecule has 1 aliphatic heterocycles. The van der Waals surface area contributed by atoms with E-state index in [2.05, 4.69) is 11.8 Å². The molecule has 2 fully saturated rings. The van der Waals surface area contributed by atoms with E-state index >= 15 is 0 Å². The molecule has 0 radical (unpaired) electrons. The SMILES string of the molecule is CC1(N)CCN(C2CCCC2)C1. The van der Waals surface area contributed by atoms with Crippen molar-refractivity contribution in [3.05, 3.63) is 0 Å². The van der Waals surface area contributed by atoms with Crippen LogP contribution in [-0.4, -0.2) is 29.6 Å². The predicted molar refractivity (Wildman–Crippen MR) is 51.0 cm³/mol. The first-order chi connectivity index (χ1) is 5.67. The van der Waals surface area contributed by atoms with Gasteiger partial charge in [0, 0.05) is 24.7 Å². The van der Waals surface area contributed by atoms with Gasteiger partial charge < -0.3 is 5.73 Å². The highest BCUT2D eigenvalue weighted by molar-refractivity contribution is 4.93. The minimum atomic E-state index is 0.0998. The lowest BCUT2D eigenvalue weighted by atomic mass is 10.0. The van der Waals surface area contributed by atoms with E-state index in [1.54, 1.807) is 0 Å². The first-order valence-electron chi connectivity index (χ1n) is 5.20. The molecule has 1 aliphatic carbocycles. The van der Waals surface area contributed by atoms with Gasteiger partial charge in [0.2, 0.25) is 0 Å². The molecule has 1 saturated carbocycles. The summed E-state index contributed by atoms with van der Waals surface area (Å²) < 4.78 is 0. The lowest BCUT2D eigenvalue weighted by Crippen LogP contribution is -2.41. The zero-order valence-corrected chi connectivity index (χ0v) is 8.05. The van der Waals surface area contributed by atoms with Crippen molar-refractivity contribution in [2.75, 3.05) is 13.1 Å². The van der Waals surface area contributed by atoms with Crippen molar-refractivity contribution in [1.82, 2.24) is 4.90 Å². The molecule has 1 saturated heterocycles. The fraction of sp³-hybridized carbons (Fsp3) is 1.00. The second kappa shape index (κ2) is 3.00. The monoisotopic (exact) mass is 168 g/mol. The summed E-state index contributed by atoms with van der Waals surface area (Å²) in [7, 11) is 0. The molecule has 12 heavy (non-hydrogen) atoms. The minimum absolute atomic E-state index is 0.0998. The van der Waals surface area contributed by atoms with Gasteiger partial charge >= 0.3 is 0 Å². The van der Waals surface area contributed by atoms with Crippen molar-refractivity contribution < 1.29 is 0 Å². The van der Waals surface area contributed by atoms with Crippen LogP contribution >= 0.6 is 0 Å². The maximum Gasteiger partial charge on any atom is 0.0267 e. The molecule has 2 aliphatic rings. The molecule has 2 heteroatoms. The van der Waals surface area contributed by atoms with Crippen molar-refractivity contribution in [2.45, 2.75) is 50.6 Å². The van der Waals surface area contributed by atoms with Gasteiger partial charge in [0.05, 0.1) is 0 Å². The second-order valence-electron chi connectivity index (χ2n) is 4.81. The van der Waals surface area contributed by atoms with Crippen molar-refractivity contribution in [3.8, 4) is 0 Å². The summed E-state index contributed by atoms with van der Waals surface area (Å²) >= 11 is 0. The largest absolute Gasteiger partial charge is 0.324 e. The van der Waals surface area contributed by atoms with Crippen LogP contribution in [0.25, 0.3) is 0 Å². The Balaban J connectivity index is 1.90. The fourth-order valence-corrected chi connectivity index (χ4v) is 2.60. The highest BCUT2D eigenvalue weighted by Crippen LogP contribution is 2.28. The number of nitrogens with zero attached hydrogens (tertiary/aromatic N) is 1. The molecule has 1 heterocycles. The van der Waals surface area contributed by atoms with Crippen LogP contribution in [-0.2, 0) is 0 Å². The van der Waals surface area contributed by atoms with E-state index in [1.165, 1.54) is 38.6 Å². The lowest BCUT2D eigenvalue weighted by Gasteiger charge is -2.25. The van der Waals surface area contributed by atoms with Gasteiger partial charge in [-0.25, -0.2) is 0 Å².